The SMILES string of the molecule is CNC1CCC(C(=O)NCc2cc(-c3ccc(C#N)cc3)ccc2OC)CC1. The van der Waals surface area contributed by atoms with Crippen molar-refractivity contribution in [3.63, 3.8) is 0 Å². The number of methoxy groups -OCH3 is 1. The van der Waals surface area contributed by atoms with E-state index >= 15 is 0 Å². The summed E-state index contributed by atoms with van der Waals surface area (Å²) in [5.41, 5.74) is 3.64. The second kappa shape index (κ2) is 9.38. The molecule has 2 aromatic carbocycles. The number of amides is 1. The Hall–Kier alpha value is -2.84. The maximum atomic E-state index is 12.6. The van der Waals surface area contributed by atoms with Crippen LogP contribution < -0.4 is 15.4 Å². The minimum Gasteiger partial charge on any atom is -0.496 e. The molecule has 0 unspecified atom stereocenters. The fourth-order valence-corrected chi connectivity index (χ4v) is 3.80. The van der Waals surface area contributed by atoms with Crippen LogP contribution in [0.3, 0.4) is 0 Å². The third-order valence-electron chi connectivity index (χ3n) is 5.59. The van der Waals surface area contributed by atoms with Crippen LogP contribution in [0.25, 0.3) is 11.1 Å². The van der Waals surface area contributed by atoms with Crippen molar-refractivity contribution < 1.29 is 9.53 Å². The highest BCUT2D eigenvalue weighted by Crippen LogP contribution is 2.28. The fraction of sp³-hybridized carbons (Fsp3) is 0.391. The van der Waals surface area contributed by atoms with Crippen LogP contribution >= 0.6 is 0 Å². The van der Waals surface area contributed by atoms with Gasteiger partial charge in [0, 0.05) is 24.1 Å². The van der Waals surface area contributed by atoms with Crippen LogP contribution in [0.2, 0.25) is 0 Å². The summed E-state index contributed by atoms with van der Waals surface area (Å²) in [5.74, 6) is 0.981. The number of nitrogens with one attached hydrogen (secondary N) is 2. The summed E-state index contributed by atoms with van der Waals surface area (Å²) in [6, 6.07) is 16.1. The van der Waals surface area contributed by atoms with Gasteiger partial charge in [0.1, 0.15) is 5.75 Å². The number of hydrogen-bond donors (Lipinski definition) is 2. The number of nitriles is 1. The minimum atomic E-state index is 0.0947. The van der Waals surface area contributed by atoms with E-state index in [1.54, 1.807) is 7.11 Å². The molecule has 2 aromatic rings. The molecule has 5 heteroatoms. The predicted octanol–water partition coefficient (Wildman–Crippen LogP) is 3.63. The molecule has 0 heterocycles. The van der Waals surface area contributed by atoms with E-state index in [-0.39, 0.29) is 11.8 Å². The average Bonchev–Trinajstić information content (AvgIpc) is 2.77. The molecule has 1 saturated carbocycles. The van der Waals surface area contributed by atoms with Gasteiger partial charge in [0.15, 0.2) is 0 Å². The van der Waals surface area contributed by atoms with Crippen LogP contribution in [0.5, 0.6) is 5.75 Å². The standard InChI is InChI=1S/C23H27N3O2/c1-25-21-10-7-18(8-11-21)23(27)26-15-20-13-19(9-12-22(20)28-2)17-5-3-16(14-24)4-6-17/h3-6,9,12-13,18,21,25H,7-8,10-11,15H2,1-2H3,(H,26,27). The Morgan fingerprint density at radius 1 is 1.11 bits per heavy atom. The molecule has 5 nitrogen and oxygen atoms in total. The van der Waals surface area contributed by atoms with E-state index in [0.29, 0.717) is 18.2 Å². The van der Waals surface area contributed by atoms with Crippen LogP contribution in [0.15, 0.2) is 42.5 Å². The summed E-state index contributed by atoms with van der Waals surface area (Å²) >= 11 is 0. The smallest absolute Gasteiger partial charge is 0.223 e. The lowest BCUT2D eigenvalue weighted by atomic mass is 9.85. The number of carbonyl (C=O) groups excluding carboxylic acids is 1. The number of benzene rings is 2. The maximum absolute atomic E-state index is 12.6. The topological polar surface area (TPSA) is 74.2 Å². The summed E-state index contributed by atoms with van der Waals surface area (Å²) in [6.07, 6.45) is 3.96. The van der Waals surface area contributed by atoms with Gasteiger partial charge in [0.05, 0.1) is 18.7 Å². The monoisotopic (exact) mass is 377 g/mol. The van der Waals surface area contributed by atoms with E-state index in [9.17, 15) is 4.79 Å². The van der Waals surface area contributed by atoms with Crippen molar-refractivity contribution in [3.05, 3.63) is 53.6 Å². The van der Waals surface area contributed by atoms with E-state index in [0.717, 1.165) is 48.1 Å². The van der Waals surface area contributed by atoms with Gasteiger partial charge in [0.2, 0.25) is 5.91 Å². The number of carbonyl (C=O) groups is 1. The van der Waals surface area contributed by atoms with E-state index in [2.05, 4.69) is 16.7 Å². The van der Waals surface area contributed by atoms with Crippen LogP contribution in [-0.4, -0.2) is 26.1 Å². The van der Waals surface area contributed by atoms with Crippen molar-refractivity contribution in [1.29, 1.82) is 5.26 Å². The lowest BCUT2D eigenvalue weighted by Crippen LogP contribution is -2.37. The summed E-state index contributed by atoms with van der Waals surface area (Å²) in [4.78, 5) is 12.6. The third-order valence-corrected chi connectivity index (χ3v) is 5.59. The molecule has 0 atom stereocenters. The highest BCUT2D eigenvalue weighted by atomic mass is 16.5. The Kier molecular flexibility index (Phi) is 6.67. The predicted molar refractivity (Wildman–Crippen MR) is 110 cm³/mol. The van der Waals surface area contributed by atoms with Gasteiger partial charge in [-0.15, -0.1) is 0 Å². The van der Waals surface area contributed by atoms with Gasteiger partial charge < -0.3 is 15.4 Å². The largest absolute Gasteiger partial charge is 0.496 e. The molecule has 1 fully saturated rings. The van der Waals surface area contributed by atoms with Crippen molar-refractivity contribution >= 4 is 5.91 Å². The molecule has 1 amide bonds. The zero-order chi connectivity index (χ0) is 19.9. The Labute approximate surface area is 166 Å². The molecule has 2 N–H and O–H groups in total. The second-order valence-corrected chi connectivity index (χ2v) is 7.27. The lowest BCUT2D eigenvalue weighted by Gasteiger charge is -2.27. The quantitative estimate of drug-likeness (QED) is 0.806. The molecule has 0 bridgehead atoms. The molecule has 0 saturated heterocycles. The van der Waals surface area contributed by atoms with Gasteiger partial charge in [-0.1, -0.05) is 18.2 Å². The number of nitrogens with zero attached hydrogens (tertiary/aromatic N) is 1. The third kappa shape index (κ3) is 4.71. The van der Waals surface area contributed by atoms with Crippen LogP contribution in [0, 0.1) is 17.2 Å². The Morgan fingerprint density at radius 2 is 1.79 bits per heavy atom. The molecule has 0 radical (unpaired) electrons. The van der Waals surface area contributed by atoms with Gasteiger partial charge in [0.25, 0.3) is 0 Å². The van der Waals surface area contributed by atoms with Crippen LogP contribution in [-0.2, 0) is 11.3 Å². The first-order valence-electron chi connectivity index (χ1n) is 9.77. The molecule has 1 aliphatic carbocycles. The number of ether oxygens (including phenoxy) is 1. The molecule has 146 valence electrons. The molecule has 0 spiro atoms. The zero-order valence-electron chi connectivity index (χ0n) is 16.5. The first-order chi connectivity index (χ1) is 13.6. The molecule has 3 rings (SSSR count). The molecule has 1 aliphatic rings. The normalized spacial score (nSPS) is 18.9. The van der Waals surface area contributed by atoms with Gasteiger partial charge in [-0.25, -0.2) is 0 Å². The highest BCUT2D eigenvalue weighted by molar-refractivity contribution is 5.79. The van der Waals surface area contributed by atoms with Crippen molar-refractivity contribution in [2.75, 3.05) is 14.2 Å². The average molecular weight is 377 g/mol. The van der Waals surface area contributed by atoms with Gasteiger partial charge in [-0.05, 0) is 68.1 Å². The highest BCUT2D eigenvalue weighted by Gasteiger charge is 2.25. The van der Waals surface area contributed by atoms with Gasteiger partial charge in [-0.2, -0.15) is 5.26 Å². The van der Waals surface area contributed by atoms with Gasteiger partial charge in [-0.3, -0.25) is 4.79 Å². The lowest BCUT2D eigenvalue weighted by molar-refractivity contribution is -0.126. The molecule has 0 aliphatic heterocycles. The number of rotatable bonds is 6. The Bertz CT molecular complexity index is 847. The van der Waals surface area contributed by atoms with Crippen molar-refractivity contribution in [2.24, 2.45) is 5.92 Å². The van der Waals surface area contributed by atoms with Crippen LogP contribution in [0.4, 0.5) is 0 Å². The molecule has 28 heavy (non-hydrogen) atoms. The maximum Gasteiger partial charge on any atom is 0.223 e. The Balaban J connectivity index is 1.68. The fourth-order valence-electron chi connectivity index (χ4n) is 3.80. The van der Waals surface area contributed by atoms with Crippen molar-refractivity contribution in [3.8, 4) is 22.9 Å². The Morgan fingerprint density at radius 3 is 2.39 bits per heavy atom. The molecular weight excluding hydrogens is 350 g/mol. The summed E-state index contributed by atoms with van der Waals surface area (Å²) in [7, 11) is 3.62. The first-order valence-corrected chi connectivity index (χ1v) is 9.77. The molecular formula is C23H27N3O2. The number of hydrogen-bond acceptors (Lipinski definition) is 4. The van der Waals surface area contributed by atoms with Gasteiger partial charge >= 0.3 is 0 Å². The van der Waals surface area contributed by atoms with E-state index in [4.69, 9.17) is 10.00 Å². The van der Waals surface area contributed by atoms with Crippen LogP contribution in [0.1, 0.15) is 36.8 Å². The molecule has 0 aromatic heterocycles. The first kappa shape index (κ1) is 19.9. The zero-order valence-corrected chi connectivity index (χ0v) is 16.5. The summed E-state index contributed by atoms with van der Waals surface area (Å²) in [5, 5.41) is 15.3. The van der Waals surface area contributed by atoms with Crippen molar-refractivity contribution in [1.82, 2.24) is 10.6 Å². The van der Waals surface area contributed by atoms with Crippen molar-refractivity contribution in [2.45, 2.75) is 38.3 Å². The van der Waals surface area contributed by atoms with E-state index in [1.807, 2.05) is 49.5 Å². The second-order valence-electron chi connectivity index (χ2n) is 7.27. The van der Waals surface area contributed by atoms with E-state index in [1.165, 1.54) is 0 Å². The summed E-state index contributed by atoms with van der Waals surface area (Å²) in [6.45, 7) is 0.443. The van der Waals surface area contributed by atoms with E-state index < -0.39 is 0 Å². The minimum absolute atomic E-state index is 0.0947. The summed E-state index contributed by atoms with van der Waals surface area (Å²) < 4.78 is 5.48.